The van der Waals surface area contributed by atoms with Crippen LogP contribution in [0.5, 0.6) is 17.2 Å². The Bertz CT molecular complexity index is 849. The summed E-state index contributed by atoms with van der Waals surface area (Å²) < 4.78 is 16.0. The second-order valence-electron chi connectivity index (χ2n) is 5.42. The molecular weight excluding hydrogens is 312 g/mol. The maximum Gasteiger partial charge on any atom is 0.264 e. The molecular formula is C17H14N2O5. The number of nitrogens with one attached hydrogen (secondary N) is 1. The van der Waals surface area contributed by atoms with Gasteiger partial charge in [0.2, 0.25) is 6.79 Å². The molecule has 0 unspecified atom stereocenters. The lowest BCUT2D eigenvalue weighted by atomic mass is 10.1. The van der Waals surface area contributed by atoms with Gasteiger partial charge in [0.05, 0.1) is 11.3 Å². The summed E-state index contributed by atoms with van der Waals surface area (Å²) in [5, 5.41) is 2.81. The highest BCUT2D eigenvalue weighted by Crippen LogP contribution is 2.36. The predicted octanol–water partition coefficient (Wildman–Crippen LogP) is 2.02. The molecule has 2 aromatic carbocycles. The summed E-state index contributed by atoms with van der Waals surface area (Å²) in [5.41, 5.74) is 1.52. The number of rotatable bonds is 2. The topological polar surface area (TPSA) is 77.1 Å². The summed E-state index contributed by atoms with van der Waals surface area (Å²) in [5.74, 6) is 1.15. The van der Waals surface area contributed by atoms with E-state index < -0.39 is 0 Å². The number of hydrogen-bond acceptors (Lipinski definition) is 5. The van der Waals surface area contributed by atoms with Crippen LogP contribution in [0, 0.1) is 0 Å². The Morgan fingerprint density at radius 2 is 1.96 bits per heavy atom. The minimum absolute atomic E-state index is 0.0855. The normalized spacial score (nSPS) is 14.9. The van der Waals surface area contributed by atoms with Crippen LogP contribution in [-0.2, 0) is 4.79 Å². The van der Waals surface area contributed by atoms with Crippen molar-refractivity contribution in [3.63, 3.8) is 0 Å². The number of carbonyl (C=O) groups excluding carboxylic acids is 2. The average Bonchev–Trinajstić information content (AvgIpc) is 3.05. The van der Waals surface area contributed by atoms with Gasteiger partial charge in [-0.3, -0.25) is 9.59 Å². The molecule has 2 aliphatic heterocycles. The van der Waals surface area contributed by atoms with Crippen LogP contribution in [0.25, 0.3) is 0 Å². The highest BCUT2D eigenvalue weighted by atomic mass is 16.7. The van der Waals surface area contributed by atoms with Crippen molar-refractivity contribution in [1.82, 2.24) is 0 Å². The molecule has 0 bridgehead atoms. The summed E-state index contributed by atoms with van der Waals surface area (Å²) in [6.45, 7) is 0.0882. The van der Waals surface area contributed by atoms with Crippen molar-refractivity contribution in [3.05, 3.63) is 42.0 Å². The summed E-state index contributed by atoms with van der Waals surface area (Å²) in [6, 6.07) is 10.3. The molecule has 7 nitrogen and oxygen atoms in total. The van der Waals surface area contributed by atoms with Crippen LogP contribution in [0.2, 0.25) is 0 Å². The number of para-hydroxylation sites is 1. The standard InChI is InChI=1S/C17H14N2O5/c1-19-12-4-2-3-11(16(12)22-8-15(19)20)17(21)18-10-5-6-13-14(7-10)24-9-23-13/h2-7H,8-9H2,1H3,(H,18,21). The van der Waals surface area contributed by atoms with E-state index in [0.29, 0.717) is 34.2 Å². The number of likely N-dealkylation sites (N-methyl/N-ethyl adjacent to an activating group) is 1. The van der Waals surface area contributed by atoms with Gasteiger partial charge in [0.1, 0.15) is 0 Å². The maximum atomic E-state index is 12.6. The second kappa shape index (κ2) is 5.45. The lowest BCUT2D eigenvalue weighted by molar-refractivity contribution is -0.121. The van der Waals surface area contributed by atoms with Crippen LogP contribution in [0.15, 0.2) is 36.4 Å². The lowest BCUT2D eigenvalue weighted by Gasteiger charge is -2.27. The van der Waals surface area contributed by atoms with Gasteiger partial charge in [-0.2, -0.15) is 0 Å². The maximum absolute atomic E-state index is 12.6. The highest BCUT2D eigenvalue weighted by Gasteiger charge is 2.27. The number of fused-ring (bicyclic) bond motifs is 2. The van der Waals surface area contributed by atoms with Crippen molar-refractivity contribution in [2.24, 2.45) is 0 Å². The van der Waals surface area contributed by atoms with Gasteiger partial charge in [0, 0.05) is 18.8 Å². The smallest absolute Gasteiger partial charge is 0.264 e. The number of hydrogen-bond donors (Lipinski definition) is 1. The molecule has 0 aromatic heterocycles. The van der Waals surface area contributed by atoms with Crippen LogP contribution in [-0.4, -0.2) is 32.3 Å². The minimum Gasteiger partial charge on any atom is -0.481 e. The van der Waals surface area contributed by atoms with E-state index in [1.54, 1.807) is 43.4 Å². The zero-order valence-electron chi connectivity index (χ0n) is 12.9. The quantitative estimate of drug-likeness (QED) is 0.914. The van der Waals surface area contributed by atoms with E-state index in [0.717, 1.165) is 0 Å². The molecule has 7 heteroatoms. The van der Waals surface area contributed by atoms with E-state index in [2.05, 4.69) is 5.32 Å². The van der Waals surface area contributed by atoms with Gasteiger partial charge in [0.25, 0.3) is 11.8 Å². The monoisotopic (exact) mass is 326 g/mol. The molecule has 24 heavy (non-hydrogen) atoms. The first-order chi connectivity index (χ1) is 11.6. The van der Waals surface area contributed by atoms with Gasteiger partial charge < -0.3 is 24.4 Å². The SMILES string of the molecule is CN1C(=O)COc2c(C(=O)Nc3ccc4c(c3)OCO4)cccc21. The van der Waals surface area contributed by atoms with E-state index in [9.17, 15) is 9.59 Å². The summed E-state index contributed by atoms with van der Waals surface area (Å²) in [6.07, 6.45) is 0. The van der Waals surface area contributed by atoms with Gasteiger partial charge in [-0.15, -0.1) is 0 Å². The van der Waals surface area contributed by atoms with Crippen LogP contribution in [0.3, 0.4) is 0 Å². The van der Waals surface area contributed by atoms with Crippen LogP contribution in [0.4, 0.5) is 11.4 Å². The van der Waals surface area contributed by atoms with Crippen molar-refractivity contribution in [2.75, 3.05) is 30.7 Å². The van der Waals surface area contributed by atoms with Crippen molar-refractivity contribution in [1.29, 1.82) is 0 Å². The number of anilines is 2. The number of amides is 2. The Balaban J connectivity index is 1.62. The molecule has 2 aliphatic rings. The summed E-state index contributed by atoms with van der Waals surface area (Å²) in [4.78, 5) is 25.8. The first-order valence-electron chi connectivity index (χ1n) is 7.37. The average molecular weight is 326 g/mol. The molecule has 1 N–H and O–H groups in total. The molecule has 4 rings (SSSR count). The molecule has 0 spiro atoms. The Hall–Kier alpha value is -3.22. The van der Waals surface area contributed by atoms with Crippen LogP contribution >= 0.6 is 0 Å². The Morgan fingerprint density at radius 1 is 1.12 bits per heavy atom. The fraction of sp³-hybridized carbons (Fsp3) is 0.176. The van der Waals surface area contributed by atoms with Crippen molar-refractivity contribution in [3.8, 4) is 17.2 Å². The molecule has 2 amide bonds. The Kier molecular flexibility index (Phi) is 3.26. The number of nitrogens with zero attached hydrogens (tertiary/aromatic N) is 1. The van der Waals surface area contributed by atoms with Crippen molar-refractivity contribution >= 4 is 23.2 Å². The molecule has 2 heterocycles. The first-order valence-corrected chi connectivity index (χ1v) is 7.37. The highest BCUT2D eigenvalue weighted by molar-refractivity contribution is 6.09. The van der Waals surface area contributed by atoms with Gasteiger partial charge in [-0.05, 0) is 24.3 Å². The van der Waals surface area contributed by atoms with Crippen molar-refractivity contribution < 1.29 is 23.8 Å². The Morgan fingerprint density at radius 3 is 2.83 bits per heavy atom. The first kappa shape index (κ1) is 14.4. The molecule has 122 valence electrons. The third-order valence-electron chi connectivity index (χ3n) is 3.94. The third-order valence-corrected chi connectivity index (χ3v) is 3.94. The molecule has 0 aliphatic carbocycles. The molecule has 0 atom stereocenters. The van der Waals surface area contributed by atoms with Gasteiger partial charge >= 0.3 is 0 Å². The van der Waals surface area contributed by atoms with Crippen molar-refractivity contribution in [2.45, 2.75) is 0 Å². The van der Waals surface area contributed by atoms with E-state index >= 15 is 0 Å². The number of benzene rings is 2. The zero-order chi connectivity index (χ0) is 16.7. The van der Waals surface area contributed by atoms with E-state index in [1.807, 2.05) is 0 Å². The van der Waals surface area contributed by atoms with Gasteiger partial charge in [0.15, 0.2) is 23.9 Å². The zero-order valence-corrected chi connectivity index (χ0v) is 12.9. The molecule has 0 radical (unpaired) electrons. The van der Waals surface area contributed by atoms with Gasteiger partial charge in [-0.1, -0.05) is 6.07 Å². The molecule has 2 aromatic rings. The number of carbonyl (C=O) groups is 2. The number of ether oxygens (including phenoxy) is 3. The van der Waals surface area contributed by atoms with E-state index in [-0.39, 0.29) is 25.2 Å². The fourth-order valence-electron chi connectivity index (χ4n) is 2.66. The second-order valence-corrected chi connectivity index (χ2v) is 5.42. The van der Waals surface area contributed by atoms with E-state index in [1.165, 1.54) is 4.90 Å². The third kappa shape index (κ3) is 2.30. The predicted molar refractivity (Wildman–Crippen MR) is 85.9 cm³/mol. The molecule has 0 saturated heterocycles. The minimum atomic E-state index is -0.325. The largest absolute Gasteiger partial charge is 0.481 e. The van der Waals surface area contributed by atoms with Gasteiger partial charge in [-0.25, -0.2) is 0 Å². The molecule has 0 saturated carbocycles. The van der Waals surface area contributed by atoms with E-state index in [4.69, 9.17) is 14.2 Å². The molecule has 0 fully saturated rings. The fourth-order valence-corrected chi connectivity index (χ4v) is 2.66. The van der Waals surface area contributed by atoms with Crippen LogP contribution in [0.1, 0.15) is 10.4 Å². The summed E-state index contributed by atoms with van der Waals surface area (Å²) >= 11 is 0. The Labute approximate surface area is 137 Å². The van der Waals surface area contributed by atoms with Crippen LogP contribution < -0.4 is 24.4 Å². The summed E-state index contributed by atoms with van der Waals surface area (Å²) in [7, 11) is 1.66. The lowest BCUT2D eigenvalue weighted by Crippen LogP contribution is -2.36.